The average Bonchev–Trinajstić information content (AvgIpc) is 2.72. The number of hydrogen-bond acceptors (Lipinski definition) is 3. The van der Waals surface area contributed by atoms with Gasteiger partial charge in [0.15, 0.2) is 5.82 Å². The van der Waals surface area contributed by atoms with Gasteiger partial charge in [-0.15, -0.1) is 0 Å². The van der Waals surface area contributed by atoms with Crippen LogP contribution in [0.25, 0.3) is 11.5 Å². The van der Waals surface area contributed by atoms with E-state index in [1.807, 2.05) is 13.8 Å². The largest absolute Gasteiger partial charge is 0.441 e. The van der Waals surface area contributed by atoms with E-state index in [0.717, 1.165) is 12.1 Å². The third-order valence-corrected chi connectivity index (χ3v) is 2.39. The van der Waals surface area contributed by atoms with Crippen molar-refractivity contribution in [1.82, 2.24) is 4.98 Å². The highest BCUT2D eigenvalue weighted by atomic mass is 19.1. The maximum absolute atomic E-state index is 13.7. The first-order valence-electron chi connectivity index (χ1n) is 5.19. The third kappa shape index (κ3) is 2.13. The quantitative estimate of drug-likeness (QED) is 0.816. The molecule has 2 N–H and O–H groups in total. The van der Waals surface area contributed by atoms with Gasteiger partial charge in [0.05, 0.1) is 17.4 Å². The summed E-state index contributed by atoms with van der Waals surface area (Å²) >= 11 is 0. The lowest BCUT2D eigenvalue weighted by Gasteiger charge is -2.02. The van der Waals surface area contributed by atoms with E-state index in [9.17, 15) is 8.78 Å². The monoisotopic (exact) mass is 238 g/mol. The fraction of sp³-hybridized carbons (Fsp3) is 0.250. The molecule has 5 heteroatoms. The molecule has 90 valence electrons. The zero-order valence-electron chi connectivity index (χ0n) is 9.50. The number of aromatic nitrogens is 1. The topological polar surface area (TPSA) is 52.0 Å². The van der Waals surface area contributed by atoms with Crippen LogP contribution in [0.2, 0.25) is 0 Å². The summed E-state index contributed by atoms with van der Waals surface area (Å²) in [7, 11) is 0. The highest BCUT2D eigenvalue weighted by Crippen LogP contribution is 2.28. The Balaban J connectivity index is 2.52. The van der Waals surface area contributed by atoms with Gasteiger partial charge in [0.1, 0.15) is 11.6 Å². The van der Waals surface area contributed by atoms with Crippen molar-refractivity contribution < 1.29 is 13.2 Å². The number of nitrogen functional groups attached to an aromatic ring is 1. The number of nitrogens with two attached hydrogens (primary N) is 1. The molecule has 0 spiro atoms. The van der Waals surface area contributed by atoms with E-state index in [4.69, 9.17) is 10.2 Å². The summed E-state index contributed by atoms with van der Waals surface area (Å²) < 4.78 is 32.2. The maximum Gasteiger partial charge on any atom is 0.229 e. The van der Waals surface area contributed by atoms with Crippen LogP contribution >= 0.6 is 0 Å². The first-order valence-corrected chi connectivity index (χ1v) is 5.19. The minimum atomic E-state index is -0.719. The molecule has 2 aromatic rings. The van der Waals surface area contributed by atoms with Gasteiger partial charge < -0.3 is 10.2 Å². The average molecular weight is 238 g/mol. The van der Waals surface area contributed by atoms with E-state index < -0.39 is 11.6 Å². The molecule has 2 rings (SSSR count). The van der Waals surface area contributed by atoms with Crippen molar-refractivity contribution in [3.05, 3.63) is 35.7 Å². The van der Waals surface area contributed by atoms with Crippen molar-refractivity contribution in [2.45, 2.75) is 19.8 Å². The molecule has 0 radical (unpaired) electrons. The molecular weight excluding hydrogens is 226 g/mol. The second-order valence-corrected chi connectivity index (χ2v) is 4.08. The van der Waals surface area contributed by atoms with Crippen molar-refractivity contribution in [3.8, 4) is 11.5 Å². The minimum absolute atomic E-state index is 0.0393. The summed E-state index contributed by atoms with van der Waals surface area (Å²) in [4.78, 5) is 3.92. The van der Waals surface area contributed by atoms with Crippen LogP contribution in [0.1, 0.15) is 25.5 Å². The highest BCUT2D eigenvalue weighted by Gasteiger charge is 2.16. The highest BCUT2D eigenvalue weighted by molar-refractivity contribution is 5.61. The van der Waals surface area contributed by atoms with E-state index in [1.165, 1.54) is 6.20 Å². The fourth-order valence-corrected chi connectivity index (χ4v) is 1.44. The Morgan fingerprint density at radius 3 is 2.59 bits per heavy atom. The van der Waals surface area contributed by atoms with Crippen molar-refractivity contribution >= 4 is 5.69 Å². The standard InChI is InChI=1S/C12H12F2N2O/c1-6(2)10-5-16-12(17-10)8-3-7(13)4-9(15)11(8)14/h3-6H,15H2,1-2H3. The maximum atomic E-state index is 13.7. The number of anilines is 1. The number of halogens is 2. The molecule has 0 unspecified atom stereocenters. The first-order chi connectivity index (χ1) is 7.99. The number of hydrogen-bond donors (Lipinski definition) is 1. The van der Waals surface area contributed by atoms with Gasteiger partial charge in [-0.25, -0.2) is 13.8 Å². The van der Waals surface area contributed by atoms with E-state index in [1.54, 1.807) is 0 Å². The van der Waals surface area contributed by atoms with Gasteiger partial charge in [-0.3, -0.25) is 0 Å². The van der Waals surface area contributed by atoms with Gasteiger partial charge in [-0.05, 0) is 12.1 Å². The minimum Gasteiger partial charge on any atom is -0.441 e. The van der Waals surface area contributed by atoms with Crippen LogP contribution in [0.3, 0.4) is 0 Å². The molecule has 0 amide bonds. The van der Waals surface area contributed by atoms with Gasteiger partial charge in [0, 0.05) is 5.92 Å². The second kappa shape index (κ2) is 4.16. The Labute approximate surface area is 97.3 Å². The molecule has 1 aromatic carbocycles. The van der Waals surface area contributed by atoms with Crippen molar-refractivity contribution in [2.24, 2.45) is 0 Å². The molecule has 3 nitrogen and oxygen atoms in total. The predicted octanol–water partition coefficient (Wildman–Crippen LogP) is 3.33. The van der Waals surface area contributed by atoms with Crippen LogP contribution < -0.4 is 5.73 Å². The lowest BCUT2D eigenvalue weighted by atomic mass is 10.2. The molecule has 0 saturated carbocycles. The Kier molecular flexibility index (Phi) is 2.83. The molecule has 0 bridgehead atoms. The van der Waals surface area contributed by atoms with Gasteiger partial charge in [0.25, 0.3) is 0 Å². The molecular formula is C12H12F2N2O. The molecule has 1 aromatic heterocycles. The van der Waals surface area contributed by atoms with Crippen LogP contribution in [0.4, 0.5) is 14.5 Å². The third-order valence-electron chi connectivity index (χ3n) is 2.39. The zero-order chi connectivity index (χ0) is 12.6. The van der Waals surface area contributed by atoms with Crippen molar-refractivity contribution in [1.29, 1.82) is 0 Å². The summed E-state index contributed by atoms with van der Waals surface area (Å²) in [6.45, 7) is 3.83. The first kappa shape index (κ1) is 11.6. The van der Waals surface area contributed by atoms with Crippen LogP contribution in [0, 0.1) is 11.6 Å². The smallest absolute Gasteiger partial charge is 0.229 e. The Bertz CT molecular complexity index is 549. The number of rotatable bonds is 2. The SMILES string of the molecule is CC(C)c1cnc(-c2cc(F)cc(N)c2F)o1. The Morgan fingerprint density at radius 2 is 2.00 bits per heavy atom. The summed E-state index contributed by atoms with van der Waals surface area (Å²) in [5.41, 5.74) is 5.02. The molecule has 0 atom stereocenters. The molecule has 1 heterocycles. The lowest BCUT2D eigenvalue weighted by molar-refractivity contribution is 0.490. The van der Waals surface area contributed by atoms with Crippen molar-refractivity contribution in [3.63, 3.8) is 0 Å². The van der Waals surface area contributed by atoms with Crippen molar-refractivity contribution in [2.75, 3.05) is 5.73 Å². The molecule has 0 fully saturated rings. The van der Waals surface area contributed by atoms with E-state index in [0.29, 0.717) is 5.76 Å². The number of benzene rings is 1. The lowest BCUT2D eigenvalue weighted by Crippen LogP contribution is -1.95. The second-order valence-electron chi connectivity index (χ2n) is 4.08. The van der Waals surface area contributed by atoms with E-state index in [2.05, 4.69) is 4.98 Å². The molecule has 17 heavy (non-hydrogen) atoms. The number of nitrogens with zero attached hydrogens (tertiary/aromatic N) is 1. The van der Waals surface area contributed by atoms with Gasteiger partial charge in [0.2, 0.25) is 5.89 Å². The predicted molar refractivity (Wildman–Crippen MR) is 60.4 cm³/mol. The van der Waals surface area contributed by atoms with Crippen LogP contribution in [-0.2, 0) is 0 Å². The van der Waals surface area contributed by atoms with Crippen LogP contribution in [0.15, 0.2) is 22.7 Å². The van der Waals surface area contributed by atoms with E-state index >= 15 is 0 Å². The molecule has 0 aliphatic heterocycles. The summed E-state index contributed by atoms with van der Waals surface area (Å²) in [5, 5.41) is 0. The normalized spacial score (nSPS) is 11.1. The Hall–Kier alpha value is -1.91. The van der Waals surface area contributed by atoms with Gasteiger partial charge >= 0.3 is 0 Å². The van der Waals surface area contributed by atoms with E-state index in [-0.39, 0.29) is 23.1 Å². The van der Waals surface area contributed by atoms with Crippen LogP contribution in [0.5, 0.6) is 0 Å². The number of oxazole rings is 1. The molecule has 0 saturated heterocycles. The zero-order valence-corrected chi connectivity index (χ0v) is 9.50. The molecule has 0 aliphatic carbocycles. The summed E-state index contributed by atoms with van der Waals surface area (Å²) in [6.07, 6.45) is 1.50. The summed E-state index contributed by atoms with van der Waals surface area (Å²) in [5.74, 6) is -0.559. The fourth-order valence-electron chi connectivity index (χ4n) is 1.44. The van der Waals surface area contributed by atoms with Crippen LogP contribution in [-0.4, -0.2) is 4.98 Å². The molecule has 0 aliphatic rings. The summed E-state index contributed by atoms with van der Waals surface area (Å²) in [6, 6.07) is 1.94. The van der Waals surface area contributed by atoms with Gasteiger partial charge in [-0.2, -0.15) is 0 Å². The Morgan fingerprint density at radius 1 is 1.29 bits per heavy atom. The van der Waals surface area contributed by atoms with Gasteiger partial charge in [-0.1, -0.05) is 13.8 Å².